The van der Waals surface area contributed by atoms with Gasteiger partial charge in [0.05, 0.1) is 25.4 Å². The summed E-state index contributed by atoms with van der Waals surface area (Å²) in [5, 5.41) is 19.0. The molecule has 0 saturated heterocycles. The molecule has 0 aromatic heterocycles. The zero-order chi connectivity index (χ0) is 19.2. The van der Waals surface area contributed by atoms with E-state index in [9.17, 15) is 10.5 Å². The number of nitriles is 2. The molecule has 0 aliphatic rings. The fourth-order valence-electron chi connectivity index (χ4n) is 2.84. The van der Waals surface area contributed by atoms with Crippen molar-refractivity contribution in [2.75, 3.05) is 13.2 Å². The lowest BCUT2D eigenvalue weighted by Crippen LogP contribution is -2.17. The zero-order valence-corrected chi connectivity index (χ0v) is 15.6. The van der Waals surface area contributed by atoms with Crippen LogP contribution in [0.15, 0.2) is 60.7 Å². The summed E-state index contributed by atoms with van der Waals surface area (Å²) in [5.41, 5.74) is -0.903. The third-order valence-corrected chi connectivity index (χ3v) is 4.45. The van der Waals surface area contributed by atoms with Crippen LogP contribution in [0.25, 0.3) is 0 Å². The van der Waals surface area contributed by atoms with Crippen LogP contribution in [0.2, 0.25) is 0 Å². The average molecular weight is 362 g/mol. The van der Waals surface area contributed by atoms with Crippen LogP contribution in [0.4, 0.5) is 0 Å². The molecule has 0 atom stereocenters. The minimum Gasteiger partial charge on any atom is -0.494 e. The van der Waals surface area contributed by atoms with Gasteiger partial charge in [0.1, 0.15) is 16.9 Å². The minimum absolute atomic E-state index is 0.581. The van der Waals surface area contributed by atoms with Gasteiger partial charge in [-0.2, -0.15) is 10.5 Å². The van der Waals surface area contributed by atoms with Crippen molar-refractivity contribution >= 4 is 0 Å². The van der Waals surface area contributed by atoms with E-state index in [-0.39, 0.29) is 0 Å². The van der Waals surface area contributed by atoms with Crippen LogP contribution in [0.5, 0.6) is 11.5 Å². The first-order chi connectivity index (χ1) is 13.3. The molecule has 2 aromatic carbocycles. The molecule has 0 saturated carbocycles. The molecule has 0 unspecified atom stereocenters. The van der Waals surface area contributed by atoms with E-state index in [0.717, 1.165) is 37.2 Å². The highest BCUT2D eigenvalue weighted by atomic mass is 16.5. The lowest BCUT2D eigenvalue weighted by atomic mass is 9.81. The maximum atomic E-state index is 9.51. The molecule has 0 radical (unpaired) electrons. The van der Waals surface area contributed by atoms with Crippen molar-refractivity contribution in [3.05, 3.63) is 60.7 Å². The molecular formula is C23H26N2O2. The molecule has 2 aromatic rings. The van der Waals surface area contributed by atoms with Crippen molar-refractivity contribution in [1.29, 1.82) is 10.5 Å². The number of rotatable bonds is 12. The molecule has 2 rings (SSSR count). The quantitative estimate of drug-likeness (QED) is 0.466. The van der Waals surface area contributed by atoms with E-state index < -0.39 is 5.41 Å². The normalized spacial score (nSPS) is 10.6. The van der Waals surface area contributed by atoms with E-state index in [0.29, 0.717) is 26.1 Å². The predicted molar refractivity (Wildman–Crippen MR) is 105 cm³/mol. The van der Waals surface area contributed by atoms with Crippen molar-refractivity contribution < 1.29 is 9.47 Å². The molecule has 0 bridgehead atoms. The van der Waals surface area contributed by atoms with Crippen LogP contribution in [-0.4, -0.2) is 13.2 Å². The van der Waals surface area contributed by atoms with E-state index in [1.54, 1.807) is 0 Å². The Morgan fingerprint density at radius 3 is 1.41 bits per heavy atom. The molecule has 0 aliphatic carbocycles. The van der Waals surface area contributed by atoms with E-state index in [1.165, 1.54) is 0 Å². The van der Waals surface area contributed by atoms with Gasteiger partial charge >= 0.3 is 0 Å². The maximum absolute atomic E-state index is 9.51. The van der Waals surface area contributed by atoms with Gasteiger partial charge < -0.3 is 9.47 Å². The first kappa shape index (κ1) is 20.3. The molecule has 0 amide bonds. The van der Waals surface area contributed by atoms with Gasteiger partial charge in [0.25, 0.3) is 0 Å². The molecule has 27 heavy (non-hydrogen) atoms. The summed E-state index contributed by atoms with van der Waals surface area (Å²) in [7, 11) is 0. The highest BCUT2D eigenvalue weighted by Crippen LogP contribution is 2.29. The Balaban J connectivity index is 1.63. The monoisotopic (exact) mass is 362 g/mol. The molecule has 0 heterocycles. The number of benzene rings is 2. The number of unbranched alkanes of at least 4 members (excludes halogenated alkanes) is 2. The minimum atomic E-state index is -0.903. The molecule has 4 heteroatoms. The fraction of sp³-hybridized carbons (Fsp3) is 0.391. The Bertz CT molecular complexity index is 667. The zero-order valence-electron chi connectivity index (χ0n) is 15.6. The standard InChI is InChI=1S/C23H26N2O2/c24-19-23(20-25,15-7-9-17-26-21-11-3-1-4-12-21)16-8-10-18-27-22-13-5-2-6-14-22/h1-6,11-14H,7-10,15-18H2. The second kappa shape index (κ2) is 11.6. The third-order valence-electron chi connectivity index (χ3n) is 4.45. The summed E-state index contributed by atoms with van der Waals surface area (Å²) < 4.78 is 11.3. The second-order valence-corrected chi connectivity index (χ2v) is 6.54. The Hall–Kier alpha value is -2.98. The van der Waals surface area contributed by atoms with Crippen LogP contribution in [0.1, 0.15) is 38.5 Å². The fourth-order valence-corrected chi connectivity index (χ4v) is 2.84. The van der Waals surface area contributed by atoms with Gasteiger partial charge in [-0.25, -0.2) is 0 Å². The molecule has 0 spiro atoms. The smallest absolute Gasteiger partial charge is 0.143 e. The van der Waals surface area contributed by atoms with Crippen molar-refractivity contribution in [1.82, 2.24) is 0 Å². The number of ether oxygens (including phenoxy) is 2. The van der Waals surface area contributed by atoms with Gasteiger partial charge in [0, 0.05) is 0 Å². The van der Waals surface area contributed by atoms with Crippen molar-refractivity contribution in [3.8, 4) is 23.6 Å². The number of nitrogens with zero attached hydrogens (tertiary/aromatic N) is 2. The highest BCUT2D eigenvalue weighted by Gasteiger charge is 2.28. The van der Waals surface area contributed by atoms with Crippen LogP contribution in [0, 0.1) is 28.1 Å². The van der Waals surface area contributed by atoms with Crippen LogP contribution >= 0.6 is 0 Å². The molecule has 140 valence electrons. The largest absolute Gasteiger partial charge is 0.494 e. The van der Waals surface area contributed by atoms with Gasteiger partial charge in [-0.15, -0.1) is 0 Å². The Morgan fingerprint density at radius 1 is 0.630 bits per heavy atom. The van der Waals surface area contributed by atoms with E-state index in [4.69, 9.17) is 9.47 Å². The van der Waals surface area contributed by atoms with E-state index in [2.05, 4.69) is 12.1 Å². The number of hydrogen-bond donors (Lipinski definition) is 0. The summed E-state index contributed by atoms with van der Waals surface area (Å²) in [6.45, 7) is 1.20. The van der Waals surface area contributed by atoms with Crippen molar-refractivity contribution in [2.24, 2.45) is 5.41 Å². The molecule has 4 nitrogen and oxygen atoms in total. The SMILES string of the molecule is N#CC(C#N)(CCCCOc1ccccc1)CCCCOc1ccccc1. The Morgan fingerprint density at radius 2 is 1.04 bits per heavy atom. The lowest BCUT2D eigenvalue weighted by molar-refractivity contribution is 0.283. The Labute approximate surface area is 162 Å². The molecule has 0 fully saturated rings. The summed E-state index contributed by atoms with van der Waals surface area (Å²) in [6, 6.07) is 23.8. The highest BCUT2D eigenvalue weighted by molar-refractivity contribution is 5.21. The Kier molecular flexibility index (Phi) is 8.74. The summed E-state index contributed by atoms with van der Waals surface area (Å²) in [4.78, 5) is 0. The summed E-state index contributed by atoms with van der Waals surface area (Å²) in [6.07, 6.45) is 4.42. The molecule has 0 N–H and O–H groups in total. The molecule has 0 aliphatic heterocycles. The first-order valence-corrected chi connectivity index (χ1v) is 9.46. The number of para-hydroxylation sites is 2. The lowest BCUT2D eigenvalue weighted by Gasteiger charge is -2.18. The summed E-state index contributed by atoms with van der Waals surface area (Å²) in [5.74, 6) is 1.70. The van der Waals surface area contributed by atoms with Crippen LogP contribution in [-0.2, 0) is 0 Å². The van der Waals surface area contributed by atoms with Gasteiger partial charge in [-0.3, -0.25) is 0 Å². The number of hydrogen-bond acceptors (Lipinski definition) is 4. The predicted octanol–water partition coefficient (Wildman–Crippen LogP) is 5.52. The summed E-state index contributed by atoms with van der Waals surface area (Å²) >= 11 is 0. The second-order valence-electron chi connectivity index (χ2n) is 6.54. The van der Waals surface area contributed by atoms with Gasteiger partial charge in [-0.1, -0.05) is 36.4 Å². The maximum Gasteiger partial charge on any atom is 0.143 e. The van der Waals surface area contributed by atoms with Crippen molar-refractivity contribution in [3.63, 3.8) is 0 Å². The van der Waals surface area contributed by atoms with E-state index in [1.807, 2.05) is 60.7 Å². The van der Waals surface area contributed by atoms with Crippen LogP contribution in [0.3, 0.4) is 0 Å². The van der Waals surface area contributed by atoms with Gasteiger partial charge in [-0.05, 0) is 62.8 Å². The average Bonchev–Trinajstić information content (AvgIpc) is 2.73. The third kappa shape index (κ3) is 7.42. The first-order valence-electron chi connectivity index (χ1n) is 9.46. The van der Waals surface area contributed by atoms with Gasteiger partial charge in [0.15, 0.2) is 0 Å². The van der Waals surface area contributed by atoms with Crippen molar-refractivity contribution in [2.45, 2.75) is 38.5 Å². The molecular weight excluding hydrogens is 336 g/mol. The topological polar surface area (TPSA) is 66.0 Å². The van der Waals surface area contributed by atoms with Gasteiger partial charge in [0.2, 0.25) is 0 Å². The van der Waals surface area contributed by atoms with E-state index >= 15 is 0 Å². The van der Waals surface area contributed by atoms with Crippen LogP contribution < -0.4 is 9.47 Å².